The van der Waals surface area contributed by atoms with E-state index in [-0.39, 0.29) is 17.1 Å². The second-order valence-electron chi connectivity index (χ2n) is 5.76. The van der Waals surface area contributed by atoms with Crippen molar-refractivity contribution in [2.24, 2.45) is 0 Å². The average Bonchev–Trinajstić information content (AvgIpc) is 2.69. The monoisotopic (exact) mass is 456 g/mol. The molecule has 0 aliphatic heterocycles. The largest absolute Gasteiger partial charge is 0.478 e. The zero-order valence-electron chi connectivity index (χ0n) is 14.6. The minimum atomic E-state index is -1.39. The Balaban J connectivity index is 1.88. The van der Waals surface area contributed by atoms with Crippen molar-refractivity contribution in [3.63, 3.8) is 0 Å². The topological polar surface area (TPSA) is 126 Å². The number of para-hydroxylation sites is 2. The quantitative estimate of drug-likeness (QED) is 0.504. The number of pyridine rings is 1. The van der Waals surface area contributed by atoms with Gasteiger partial charge in [0.25, 0.3) is 5.91 Å². The van der Waals surface area contributed by atoms with Gasteiger partial charge in [-0.3, -0.25) is 9.78 Å². The van der Waals surface area contributed by atoms with Gasteiger partial charge in [0.1, 0.15) is 5.75 Å². The van der Waals surface area contributed by atoms with E-state index in [0.29, 0.717) is 15.7 Å². The van der Waals surface area contributed by atoms with E-state index in [1.165, 1.54) is 12.3 Å². The smallest absolute Gasteiger partial charge is 0.336 e. The highest BCUT2D eigenvalue weighted by molar-refractivity contribution is 9.10. The molecule has 3 aromatic rings. The molecule has 0 saturated heterocycles. The number of aromatic carboxylic acids is 2. The van der Waals surface area contributed by atoms with Crippen molar-refractivity contribution >= 4 is 39.5 Å². The van der Waals surface area contributed by atoms with Gasteiger partial charge in [0.15, 0.2) is 5.75 Å². The van der Waals surface area contributed by atoms with Crippen molar-refractivity contribution in [1.29, 1.82) is 0 Å². The van der Waals surface area contributed by atoms with Crippen LogP contribution in [0, 0.1) is 0 Å². The van der Waals surface area contributed by atoms with Crippen molar-refractivity contribution in [2.45, 2.75) is 0 Å². The number of carboxylic acids is 2. The Morgan fingerprint density at radius 3 is 2.34 bits per heavy atom. The Morgan fingerprint density at radius 1 is 0.931 bits per heavy atom. The molecule has 9 heteroatoms. The number of carbonyl (C=O) groups excluding carboxylic acids is 1. The molecular formula is C20H13BrN2O6. The second kappa shape index (κ2) is 8.53. The van der Waals surface area contributed by atoms with Crippen molar-refractivity contribution in [3.05, 3.63) is 82.1 Å². The molecule has 146 valence electrons. The van der Waals surface area contributed by atoms with Crippen molar-refractivity contribution in [1.82, 2.24) is 4.98 Å². The van der Waals surface area contributed by atoms with Gasteiger partial charge in [0.2, 0.25) is 0 Å². The highest BCUT2D eigenvalue weighted by atomic mass is 79.9. The van der Waals surface area contributed by atoms with Gasteiger partial charge in [-0.15, -0.1) is 0 Å². The molecular weight excluding hydrogens is 444 g/mol. The minimum Gasteiger partial charge on any atom is -0.478 e. The fraction of sp³-hybridized carbons (Fsp3) is 0. The minimum absolute atomic E-state index is 0.109. The van der Waals surface area contributed by atoms with E-state index in [0.717, 1.165) is 12.1 Å². The summed E-state index contributed by atoms with van der Waals surface area (Å²) in [7, 11) is 0. The summed E-state index contributed by atoms with van der Waals surface area (Å²) in [6.07, 6.45) is 2.96. The van der Waals surface area contributed by atoms with Crippen molar-refractivity contribution < 1.29 is 29.3 Å². The Labute approximate surface area is 172 Å². The first-order chi connectivity index (χ1) is 13.8. The van der Waals surface area contributed by atoms with Crippen LogP contribution >= 0.6 is 15.9 Å². The standard InChI is InChI=1S/C20H13BrN2O6/c21-12-7-11(9-22-10-12)18(24)23-16-3-1-2-4-17(16)29-13-5-6-14(19(25)26)15(8-13)20(27)28/h1-10H,(H,23,24)(H,25,26)(H,27,28). The Hall–Kier alpha value is -3.72. The number of ether oxygens (including phenoxy) is 1. The van der Waals surface area contributed by atoms with Crippen LogP contribution in [0.4, 0.5) is 5.69 Å². The third-order valence-electron chi connectivity index (χ3n) is 3.78. The predicted octanol–water partition coefficient (Wildman–Crippen LogP) is 4.29. The molecule has 1 amide bonds. The number of rotatable bonds is 6. The maximum Gasteiger partial charge on any atom is 0.336 e. The number of anilines is 1. The number of halogens is 1. The Kier molecular flexibility index (Phi) is 5.89. The van der Waals surface area contributed by atoms with E-state index < -0.39 is 23.4 Å². The van der Waals surface area contributed by atoms with Crippen molar-refractivity contribution in [3.8, 4) is 11.5 Å². The third-order valence-corrected chi connectivity index (χ3v) is 4.22. The fourth-order valence-electron chi connectivity index (χ4n) is 2.47. The molecule has 0 fully saturated rings. The summed E-state index contributed by atoms with van der Waals surface area (Å²) in [5.74, 6) is -2.80. The van der Waals surface area contributed by atoms with E-state index in [1.54, 1.807) is 36.5 Å². The maximum absolute atomic E-state index is 12.5. The van der Waals surface area contributed by atoms with Crippen LogP contribution in [0.1, 0.15) is 31.1 Å². The number of hydrogen-bond donors (Lipinski definition) is 3. The molecule has 0 unspecified atom stereocenters. The summed E-state index contributed by atoms with van der Waals surface area (Å²) in [5.41, 5.74) is -0.0878. The normalized spacial score (nSPS) is 10.2. The molecule has 3 N–H and O–H groups in total. The lowest BCUT2D eigenvalue weighted by Crippen LogP contribution is -2.13. The summed E-state index contributed by atoms with van der Waals surface area (Å²) in [6, 6.07) is 11.8. The number of aromatic nitrogens is 1. The van der Waals surface area contributed by atoms with Crippen LogP contribution in [0.25, 0.3) is 0 Å². The van der Waals surface area contributed by atoms with Crippen molar-refractivity contribution in [2.75, 3.05) is 5.32 Å². The first kappa shape index (κ1) is 20.0. The summed E-state index contributed by atoms with van der Waals surface area (Å²) in [4.78, 5) is 38.9. The number of benzene rings is 2. The molecule has 3 rings (SSSR count). The van der Waals surface area contributed by atoms with Crippen LogP contribution < -0.4 is 10.1 Å². The van der Waals surface area contributed by atoms with E-state index in [4.69, 9.17) is 9.84 Å². The van der Waals surface area contributed by atoms with Gasteiger partial charge in [-0.2, -0.15) is 0 Å². The molecule has 0 spiro atoms. The average molecular weight is 457 g/mol. The van der Waals surface area contributed by atoms with Crippen LogP contribution in [0.15, 0.2) is 65.4 Å². The summed E-state index contributed by atoms with van der Waals surface area (Å²) < 4.78 is 6.35. The van der Waals surface area contributed by atoms with E-state index in [1.807, 2.05) is 0 Å². The molecule has 8 nitrogen and oxygen atoms in total. The van der Waals surface area contributed by atoms with Gasteiger partial charge in [-0.05, 0) is 52.3 Å². The number of nitrogens with zero attached hydrogens (tertiary/aromatic N) is 1. The number of carbonyl (C=O) groups is 3. The van der Waals surface area contributed by atoms with Gasteiger partial charge >= 0.3 is 11.9 Å². The lowest BCUT2D eigenvalue weighted by Gasteiger charge is -2.13. The Bertz CT molecular complexity index is 1120. The first-order valence-electron chi connectivity index (χ1n) is 8.14. The summed E-state index contributed by atoms with van der Waals surface area (Å²) >= 11 is 3.25. The van der Waals surface area contributed by atoms with E-state index in [9.17, 15) is 19.5 Å². The highest BCUT2D eigenvalue weighted by Gasteiger charge is 2.18. The fourth-order valence-corrected chi connectivity index (χ4v) is 2.83. The molecule has 0 radical (unpaired) electrons. The van der Waals surface area contributed by atoms with Crippen LogP contribution in [0.5, 0.6) is 11.5 Å². The van der Waals surface area contributed by atoms with Gasteiger partial charge in [0, 0.05) is 16.9 Å². The molecule has 2 aromatic carbocycles. The highest BCUT2D eigenvalue weighted by Crippen LogP contribution is 2.31. The molecule has 1 heterocycles. The summed E-state index contributed by atoms with van der Waals surface area (Å²) in [5, 5.41) is 21.1. The van der Waals surface area contributed by atoms with Gasteiger partial charge in [0.05, 0.1) is 22.4 Å². The lowest BCUT2D eigenvalue weighted by atomic mass is 10.1. The summed E-state index contributed by atoms with van der Waals surface area (Å²) in [6.45, 7) is 0. The zero-order chi connectivity index (χ0) is 21.0. The first-order valence-corrected chi connectivity index (χ1v) is 8.94. The zero-order valence-corrected chi connectivity index (χ0v) is 16.2. The third kappa shape index (κ3) is 4.77. The van der Waals surface area contributed by atoms with Crippen LogP contribution in [-0.4, -0.2) is 33.0 Å². The molecule has 29 heavy (non-hydrogen) atoms. The van der Waals surface area contributed by atoms with Crippen LogP contribution in [0.2, 0.25) is 0 Å². The Morgan fingerprint density at radius 2 is 1.66 bits per heavy atom. The van der Waals surface area contributed by atoms with Gasteiger partial charge in [-0.25, -0.2) is 9.59 Å². The molecule has 0 aliphatic rings. The molecule has 1 aromatic heterocycles. The molecule has 0 atom stereocenters. The predicted molar refractivity (Wildman–Crippen MR) is 107 cm³/mol. The number of carboxylic acid groups (broad SMARTS) is 2. The SMILES string of the molecule is O=C(Nc1ccccc1Oc1ccc(C(=O)O)c(C(=O)O)c1)c1cncc(Br)c1. The molecule has 0 bridgehead atoms. The number of hydrogen-bond acceptors (Lipinski definition) is 5. The maximum atomic E-state index is 12.5. The molecule has 0 saturated carbocycles. The van der Waals surface area contributed by atoms with Crippen LogP contribution in [0.3, 0.4) is 0 Å². The van der Waals surface area contributed by atoms with E-state index in [2.05, 4.69) is 26.2 Å². The molecule has 0 aliphatic carbocycles. The number of amides is 1. The van der Waals surface area contributed by atoms with Gasteiger partial charge in [-0.1, -0.05) is 12.1 Å². The lowest BCUT2D eigenvalue weighted by molar-refractivity contribution is 0.0651. The van der Waals surface area contributed by atoms with Crippen LogP contribution in [-0.2, 0) is 0 Å². The van der Waals surface area contributed by atoms with E-state index >= 15 is 0 Å². The second-order valence-corrected chi connectivity index (χ2v) is 6.68. The number of nitrogens with one attached hydrogen (secondary N) is 1. The van der Waals surface area contributed by atoms with Gasteiger partial charge < -0.3 is 20.3 Å².